The van der Waals surface area contributed by atoms with Crippen LogP contribution in [0, 0.1) is 6.92 Å². The van der Waals surface area contributed by atoms with E-state index in [0.717, 1.165) is 22.4 Å². The number of rotatable bonds is 6. The third kappa shape index (κ3) is 4.62. The largest absolute Gasteiger partial charge is 0.497 e. The Balaban J connectivity index is 1.31. The van der Waals surface area contributed by atoms with Crippen LogP contribution in [0.25, 0.3) is 11.1 Å². The van der Waals surface area contributed by atoms with Crippen molar-refractivity contribution in [1.82, 2.24) is 9.79 Å². The summed E-state index contributed by atoms with van der Waals surface area (Å²) in [6, 6.07) is 14.4. The first-order valence-corrected chi connectivity index (χ1v) is 14.5. The molecule has 38 heavy (non-hydrogen) atoms. The topological polar surface area (TPSA) is 114 Å². The van der Waals surface area contributed by atoms with Crippen molar-refractivity contribution in [2.24, 2.45) is 0 Å². The molecule has 0 aromatic heterocycles. The van der Waals surface area contributed by atoms with Crippen LogP contribution in [0.2, 0.25) is 0 Å². The summed E-state index contributed by atoms with van der Waals surface area (Å²) >= 11 is 0. The minimum Gasteiger partial charge on any atom is -0.497 e. The number of nitrogens with zero attached hydrogens (tertiary/aromatic N) is 1. The van der Waals surface area contributed by atoms with E-state index in [4.69, 9.17) is 14.2 Å². The maximum atomic E-state index is 13.9. The zero-order valence-corrected chi connectivity index (χ0v) is 23.1. The Morgan fingerprint density at radius 3 is 2.32 bits per heavy atom. The number of ether oxygens (including phenoxy) is 3. The van der Waals surface area contributed by atoms with Crippen molar-refractivity contribution in [3.05, 3.63) is 53.6 Å². The van der Waals surface area contributed by atoms with Crippen LogP contribution in [0.4, 0.5) is 0 Å². The molecular weight excluding hydrogens is 508 g/mol. The molecule has 2 heterocycles. The van der Waals surface area contributed by atoms with Crippen molar-refractivity contribution in [2.75, 3.05) is 20.2 Å². The molecule has 2 aliphatic heterocycles. The number of piperidine rings is 1. The van der Waals surface area contributed by atoms with Gasteiger partial charge in [0.05, 0.1) is 19.3 Å². The Kier molecular flexibility index (Phi) is 7.06. The predicted octanol–water partition coefficient (Wildman–Crippen LogP) is 3.74. The lowest BCUT2D eigenvalue weighted by Gasteiger charge is -2.38. The number of methoxy groups -OCH3 is 1. The second-order valence-corrected chi connectivity index (χ2v) is 13.3. The van der Waals surface area contributed by atoms with Gasteiger partial charge in [0.2, 0.25) is 10.0 Å². The highest BCUT2D eigenvalue weighted by atomic mass is 32.2. The molecule has 2 N–H and O–H groups in total. The lowest BCUT2D eigenvalue weighted by Crippen LogP contribution is -2.57. The number of carbonyl (C=O) groups excluding carboxylic acids is 1. The van der Waals surface area contributed by atoms with Crippen molar-refractivity contribution >= 4 is 15.9 Å². The average molecular weight is 545 g/mol. The molecule has 0 radical (unpaired) electrons. The van der Waals surface area contributed by atoms with Crippen LogP contribution < -0.4 is 10.2 Å². The van der Waals surface area contributed by atoms with E-state index in [1.54, 1.807) is 26.4 Å². The lowest BCUT2D eigenvalue weighted by molar-refractivity contribution is -0.157. The Labute approximate surface area is 224 Å². The zero-order chi connectivity index (χ0) is 27.3. The fourth-order valence-corrected chi connectivity index (χ4v) is 8.55. The molecule has 0 spiro atoms. The number of amides is 1. The summed E-state index contributed by atoms with van der Waals surface area (Å²) < 4.78 is 44.5. The third-order valence-electron chi connectivity index (χ3n) is 8.25. The van der Waals surface area contributed by atoms with E-state index in [9.17, 15) is 18.4 Å². The van der Waals surface area contributed by atoms with Crippen LogP contribution in [0.1, 0.15) is 56.6 Å². The summed E-state index contributed by atoms with van der Waals surface area (Å²) in [5.74, 6) is -0.750. The van der Waals surface area contributed by atoms with Crippen molar-refractivity contribution < 1.29 is 32.6 Å². The van der Waals surface area contributed by atoms with Gasteiger partial charge < -0.3 is 14.2 Å². The smallest absolute Gasteiger partial charge is 0.266 e. The number of hydrogen-bond donors (Lipinski definition) is 2. The normalized spacial score (nSPS) is 27.7. The van der Waals surface area contributed by atoms with Crippen LogP contribution in [-0.4, -0.2) is 66.8 Å². The molecule has 2 aromatic carbocycles. The SMILES string of the molecule is COc1cccc(-c2ccc(C3CCN(S(=O)(=O)C4(C(=O)NO)C[C@@H]5OC(C)(C)O[C@@H]5C4)CC3)cc2C)c1. The number of hydrogen-bond acceptors (Lipinski definition) is 7. The van der Waals surface area contributed by atoms with Gasteiger partial charge in [-0.25, -0.2) is 18.2 Å². The highest BCUT2D eigenvalue weighted by molar-refractivity contribution is 7.91. The van der Waals surface area contributed by atoms with Crippen LogP contribution in [-0.2, 0) is 24.3 Å². The second kappa shape index (κ2) is 9.91. The van der Waals surface area contributed by atoms with Crippen molar-refractivity contribution in [3.63, 3.8) is 0 Å². The number of hydroxylamine groups is 1. The van der Waals surface area contributed by atoms with Gasteiger partial charge in [0.25, 0.3) is 5.91 Å². The number of aryl methyl sites for hydroxylation is 1. The van der Waals surface area contributed by atoms with Gasteiger partial charge in [-0.2, -0.15) is 0 Å². The van der Waals surface area contributed by atoms with E-state index in [1.165, 1.54) is 9.87 Å². The molecule has 2 aromatic rings. The number of fused-ring (bicyclic) bond motifs is 1. The third-order valence-corrected chi connectivity index (χ3v) is 10.8. The van der Waals surface area contributed by atoms with E-state index in [2.05, 4.69) is 31.2 Å². The van der Waals surface area contributed by atoms with Crippen LogP contribution in [0.3, 0.4) is 0 Å². The van der Waals surface area contributed by atoms with Crippen LogP contribution in [0.15, 0.2) is 42.5 Å². The summed E-state index contributed by atoms with van der Waals surface area (Å²) in [6.07, 6.45) is 0.115. The number of sulfonamides is 1. The van der Waals surface area contributed by atoms with Crippen molar-refractivity contribution in [2.45, 2.75) is 75.1 Å². The number of benzene rings is 2. The summed E-state index contributed by atoms with van der Waals surface area (Å²) in [7, 11) is -2.43. The minimum atomic E-state index is -4.09. The molecule has 1 aliphatic carbocycles. The quantitative estimate of drug-likeness (QED) is 0.421. The average Bonchev–Trinajstić information content (AvgIpc) is 3.39. The molecule has 2 saturated heterocycles. The van der Waals surface area contributed by atoms with Gasteiger partial charge in [0.1, 0.15) is 5.75 Å². The molecule has 3 fully saturated rings. The van der Waals surface area contributed by atoms with Gasteiger partial charge in [-0.15, -0.1) is 0 Å². The minimum absolute atomic E-state index is 0.0549. The fourth-order valence-electron chi connectivity index (χ4n) is 6.34. The summed E-state index contributed by atoms with van der Waals surface area (Å²) in [4.78, 5) is 12.8. The van der Waals surface area contributed by atoms with Gasteiger partial charge in [-0.3, -0.25) is 10.0 Å². The Hall–Kier alpha value is -2.50. The molecule has 10 heteroatoms. The Morgan fingerprint density at radius 2 is 1.74 bits per heavy atom. The predicted molar refractivity (Wildman–Crippen MR) is 141 cm³/mol. The molecule has 1 unspecified atom stereocenters. The molecular formula is C28H36N2O7S. The molecule has 206 valence electrons. The molecule has 1 amide bonds. The first-order valence-electron chi connectivity index (χ1n) is 13.0. The van der Waals surface area contributed by atoms with Crippen LogP contribution in [0.5, 0.6) is 5.75 Å². The van der Waals surface area contributed by atoms with Crippen molar-refractivity contribution in [1.29, 1.82) is 0 Å². The van der Waals surface area contributed by atoms with Gasteiger partial charge in [-0.1, -0.05) is 30.3 Å². The zero-order valence-electron chi connectivity index (χ0n) is 22.3. The first-order chi connectivity index (χ1) is 18.0. The van der Waals surface area contributed by atoms with Crippen LogP contribution >= 0.6 is 0 Å². The fraction of sp³-hybridized carbons (Fsp3) is 0.536. The molecule has 1 saturated carbocycles. The standard InChI is InChI=1S/C28H36N2O7S/c1-18-14-20(8-9-23(18)21-6-5-7-22(15-21)35-4)19-10-12-30(13-11-19)38(33,34)28(26(31)29-32)16-24-25(17-28)37-27(2,3)36-24/h5-9,14-15,19,24-25,32H,10-13,16-17H2,1-4H3,(H,29,31)/t24-,25+,28?. The van der Waals surface area contributed by atoms with E-state index in [0.29, 0.717) is 25.9 Å². The molecule has 3 aliphatic rings. The highest BCUT2D eigenvalue weighted by Gasteiger charge is 2.64. The molecule has 0 bridgehead atoms. The van der Waals surface area contributed by atoms with E-state index < -0.39 is 38.7 Å². The maximum absolute atomic E-state index is 13.9. The van der Waals surface area contributed by atoms with Gasteiger partial charge in [0.15, 0.2) is 10.5 Å². The van der Waals surface area contributed by atoms with E-state index in [1.807, 2.05) is 18.2 Å². The summed E-state index contributed by atoms with van der Waals surface area (Å²) in [6.45, 7) is 6.21. The molecule has 9 nitrogen and oxygen atoms in total. The molecule has 5 rings (SSSR count). The van der Waals surface area contributed by atoms with E-state index >= 15 is 0 Å². The van der Waals surface area contributed by atoms with Gasteiger partial charge in [-0.05, 0) is 73.9 Å². The van der Waals surface area contributed by atoms with E-state index in [-0.39, 0.29) is 18.8 Å². The van der Waals surface area contributed by atoms with Gasteiger partial charge in [0, 0.05) is 25.9 Å². The Morgan fingerprint density at radius 1 is 1.08 bits per heavy atom. The summed E-state index contributed by atoms with van der Waals surface area (Å²) in [5.41, 5.74) is 6.14. The maximum Gasteiger partial charge on any atom is 0.266 e. The lowest BCUT2D eigenvalue weighted by atomic mass is 9.87. The summed E-state index contributed by atoms with van der Waals surface area (Å²) in [5, 5.41) is 9.47. The second-order valence-electron chi connectivity index (χ2n) is 11.0. The highest BCUT2D eigenvalue weighted by Crippen LogP contribution is 2.48. The van der Waals surface area contributed by atoms with Gasteiger partial charge >= 0.3 is 0 Å². The molecule has 3 atom stereocenters. The first kappa shape index (κ1) is 27.1. The monoisotopic (exact) mass is 544 g/mol. The Bertz CT molecular complexity index is 1300. The number of carbonyl (C=O) groups is 1. The number of nitrogens with one attached hydrogen (secondary N) is 1. The van der Waals surface area contributed by atoms with Crippen molar-refractivity contribution in [3.8, 4) is 16.9 Å².